The average molecular weight is 297 g/mol. The van der Waals surface area contributed by atoms with Gasteiger partial charge < -0.3 is 5.73 Å². The predicted molar refractivity (Wildman–Crippen MR) is 78.4 cm³/mol. The predicted octanol–water partition coefficient (Wildman–Crippen LogP) is 1.60. The second-order valence-electron chi connectivity index (χ2n) is 5.67. The maximum atomic E-state index is 12.5. The molecule has 0 amide bonds. The van der Waals surface area contributed by atoms with Gasteiger partial charge in [0.2, 0.25) is 10.0 Å². The van der Waals surface area contributed by atoms with E-state index in [9.17, 15) is 8.42 Å². The first-order chi connectivity index (χ1) is 9.45. The summed E-state index contributed by atoms with van der Waals surface area (Å²) in [5, 5.41) is 0. The molecule has 0 saturated carbocycles. The molecule has 5 nitrogen and oxygen atoms in total. The number of nitrogens with zero attached hydrogens (tertiary/aromatic N) is 2. The molecule has 20 heavy (non-hydrogen) atoms. The van der Waals surface area contributed by atoms with Gasteiger partial charge in [0.05, 0.1) is 5.69 Å². The summed E-state index contributed by atoms with van der Waals surface area (Å²) in [6, 6.07) is 3.27. The van der Waals surface area contributed by atoms with Gasteiger partial charge in [-0.1, -0.05) is 13.8 Å². The van der Waals surface area contributed by atoms with E-state index in [-0.39, 0.29) is 4.90 Å². The van der Waals surface area contributed by atoms with Crippen LogP contribution in [0.15, 0.2) is 23.2 Å². The van der Waals surface area contributed by atoms with Crippen LogP contribution in [0.5, 0.6) is 0 Å². The number of piperidine rings is 1. The first kappa shape index (κ1) is 15.4. The van der Waals surface area contributed by atoms with Crippen molar-refractivity contribution in [1.29, 1.82) is 0 Å². The van der Waals surface area contributed by atoms with E-state index < -0.39 is 10.0 Å². The number of nitrogens with two attached hydrogens (primary N) is 1. The van der Waals surface area contributed by atoms with Crippen LogP contribution in [-0.2, 0) is 16.6 Å². The van der Waals surface area contributed by atoms with Crippen LogP contribution < -0.4 is 5.73 Å². The fourth-order valence-corrected chi connectivity index (χ4v) is 4.03. The summed E-state index contributed by atoms with van der Waals surface area (Å²) in [4.78, 5) is 4.33. The van der Waals surface area contributed by atoms with Gasteiger partial charge in [-0.25, -0.2) is 8.42 Å². The van der Waals surface area contributed by atoms with Gasteiger partial charge in [-0.15, -0.1) is 0 Å². The second-order valence-corrected chi connectivity index (χ2v) is 7.61. The van der Waals surface area contributed by atoms with Gasteiger partial charge in [-0.2, -0.15) is 4.31 Å². The van der Waals surface area contributed by atoms with Crippen molar-refractivity contribution in [3.8, 4) is 0 Å². The van der Waals surface area contributed by atoms with E-state index >= 15 is 0 Å². The molecule has 2 heterocycles. The summed E-state index contributed by atoms with van der Waals surface area (Å²) in [6.45, 7) is 5.92. The third-order valence-electron chi connectivity index (χ3n) is 4.09. The van der Waals surface area contributed by atoms with Gasteiger partial charge in [-0.05, 0) is 36.8 Å². The Morgan fingerprint density at radius 3 is 2.45 bits per heavy atom. The SMILES string of the molecule is CC(C)C1CCN(S(=O)(=O)c2ccc(CN)nc2)CC1. The molecule has 1 fully saturated rings. The summed E-state index contributed by atoms with van der Waals surface area (Å²) in [6.07, 6.45) is 3.28. The van der Waals surface area contributed by atoms with E-state index in [0.29, 0.717) is 37.2 Å². The van der Waals surface area contributed by atoms with Gasteiger partial charge in [-0.3, -0.25) is 4.98 Å². The van der Waals surface area contributed by atoms with Crippen molar-refractivity contribution in [3.05, 3.63) is 24.0 Å². The first-order valence-electron chi connectivity index (χ1n) is 7.10. The minimum Gasteiger partial charge on any atom is -0.325 e. The van der Waals surface area contributed by atoms with Crippen molar-refractivity contribution in [3.63, 3.8) is 0 Å². The van der Waals surface area contributed by atoms with E-state index in [1.807, 2.05) is 0 Å². The zero-order valence-corrected chi connectivity index (χ0v) is 12.9. The molecular weight excluding hydrogens is 274 g/mol. The Kier molecular flexibility index (Phi) is 4.78. The monoisotopic (exact) mass is 297 g/mol. The maximum Gasteiger partial charge on any atom is 0.244 e. The molecule has 1 aliphatic heterocycles. The topological polar surface area (TPSA) is 76.3 Å². The van der Waals surface area contributed by atoms with Crippen molar-refractivity contribution < 1.29 is 8.42 Å². The molecule has 112 valence electrons. The highest BCUT2D eigenvalue weighted by molar-refractivity contribution is 7.89. The molecule has 6 heteroatoms. The van der Waals surface area contributed by atoms with E-state index in [1.165, 1.54) is 6.20 Å². The number of hydrogen-bond donors (Lipinski definition) is 1. The van der Waals surface area contributed by atoms with Gasteiger partial charge in [0.25, 0.3) is 0 Å². The Hall–Kier alpha value is -0.980. The third kappa shape index (κ3) is 3.19. The fourth-order valence-electron chi connectivity index (χ4n) is 2.62. The highest BCUT2D eigenvalue weighted by atomic mass is 32.2. The van der Waals surface area contributed by atoms with E-state index in [0.717, 1.165) is 12.8 Å². The lowest BCUT2D eigenvalue weighted by atomic mass is 9.87. The molecule has 0 spiro atoms. The lowest BCUT2D eigenvalue weighted by Crippen LogP contribution is -2.39. The Labute approximate surface area is 121 Å². The van der Waals surface area contributed by atoms with E-state index in [1.54, 1.807) is 16.4 Å². The number of sulfonamides is 1. The quantitative estimate of drug-likeness (QED) is 0.915. The van der Waals surface area contributed by atoms with Crippen LogP contribution in [0, 0.1) is 11.8 Å². The summed E-state index contributed by atoms with van der Waals surface area (Å²) in [5.41, 5.74) is 6.17. The maximum absolute atomic E-state index is 12.5. The summed E-state index contributed by atoms with van der Waals surface area (Å²) < 4.78 is 26.6. The standard InChI is InChI=1S/C14H23N3O2S/c1-11(2)12-5-7-17(8-6-12)20(18,19)14-4-3-13(9-15)16-10-14/h3-4,10-12H,5-9,15H2,1-2H3. The van der Waals surface area contributed by atoms with Gasteiger partial charge >= 0.3 is 0 Å². The van der Waals surface area contributed by atoms with Gasteiger partial charge in [0.1, 0.15) is 4.90 Å². The van der Waals surface area contributed by atoms with Crippen LogP contribution >= 0.6 is 0 Å². The zero-order chi connectivity index (χ0) is 14.8. The Morgan fingerprint density at radius 1 is 1.35 bits per heavy atom. The van der Waals surface area contributed by atoms with Crippen molar-refractivity contribution in [2.45, 2.75) is 38.1 Å². The fraction of sp³-hybridized carbons (Fsp3) is 0.643. The highest BCUT2D eigenvalue weighted by Gasteiger charge is 2.30. The Morgan fingerprint density at radius 2 is 2.00 bits per heavy atom. The molecule has 0 aliphatic carbocycles. The number of rotatable bonds is 4. The number of pyridine rings is 1. The average Bonchev–Trinajstić information content (AvgIpc) is 2.47. The molecule has 1 aliphatic rings. The summed E-state index contributed by atoms with van der Waals surface area (Å²) in [7, 11) is -3.41. The highest BCUT2D eigenvalue weighted by Crippen LogP contribution is 2.27. The van der Waals surface area contributed by atoms with Crippen LogP contribution in [0.25, 0.3) is 0 Å². The molecule has 0 atom stereocenters. The summed E-state index contributed by atoms with van der Waals surface area (Å²) >= 11 is 0. The van der Waals surface area contributed by atoms with Crippen LogP contribution in [0.1, 0.15) is 32.4 Å². The molecule has 1 aromatic rings. The van der Waals surface area contributed by atoms with Gasteiger partial charge in [0, 0.05) is 25.8 Å². The van der Waals surface area contributed by atoms with Gasteiger partial charge in [0.15, 0.2) is 0 Å². The smallest absolute Gasteiger partial charge is 0.244 e. The zero-order valence-electron chi connectivity index (χ0n) is 12.1. The lowest BCUT2D eigenvalue weighted by Gasteiger charge is -2.33. The minimum atomic E-state index is -3.41. The molecule has 0 unspecified atom stereocenters. The van der Waals surface area contributed by atoms with Crippen molar-refractivity contribution in [2.75, 3.05) is 13.1 Å². The van der Waals surface area contributed by atoms with Crippen molar-refractivity contribution in [1.82, 2.24) is 9.29 Å². The van der Waals surface area contributed by atoms with Crippen molar-refractivity contribution in [2.24, 2.45) is 17.6 Å². The largest absolute Gasteiger partial charge is 0.325 e. The normalized spacial score (nSPS) is 18.6. The van der Waals surface area contributed by atoms with E-state index in [2.05, 4.69) is 18.8 Å². The molecular formula is C14H23N3O2S. The molecule has 1 aromatic heterocycles. The third-order valence-corrected chi connectivity index (χ3v) is 5.97. The van der Waals surface area contributed by atoms with Crippen molar-refractivity contribution >= 4 is 10.0 Å². The number of aromatic nitrogens is 1. The minimum absolute atomic E-state index is 0.262. The summed E-state index contributed by atoms with van der Waals surface area (Å²) in [5.74, 6) is 1.24. The Bertz CT molecular complexity index is 532. The molecule has 0 bridgehead atoms. The molecule has 0 aromatic carbocycles. The molecule has 2 rings (SSSR count). The van der Waals surface area contributed by atoms with Crippen LogP contribution in [0.4, 0.5) is 0 Å². The van der Waals surface area contributed by atoms with Crippen LogP contribution in [0.3, 0.4) is 0 Å². The molecule has 2 N–H and O–H groups in total. The molecule has 1 saturated heterocycles. The van der Waals surface area contributed by atoms with Crippen LogP contribution in [0.2, 0.25) is 0 Å². The lowest BCUT2D eigenvalue weighted by molar-refractivity contribution is 0.226. The molecule has 0 radical (unpaired) electrons. The second kappa shape index (κ2) is 6.20. The first-order valence-corrected chi connectivity index (χ1v) is 8.54. The number of hydrogen-bond acceptors (Lipinski definition) is 4. The van der Waals surface area contributed by atoms with E-state index in [4.69, 9.17) is 5.73 Å². The van der Waals surface area contributed by atoms with Crippen LogP contribution in [-0.4, -0.2) is 30.8 Å². The Balaban J connectivity index is 2.11.